The predicted molar refractivity (Wildman–Crippen MR) is 325 cm³/mol. The molecule has 424 valence electrons. The van der Waals surface area contributed by atoms with E-state index in [9.17, 15) is 14.4 Å². The molecule has 0 amide bonds. The third kappa shape index (κ3) is 60.3. The number of allylic oxidation sites excluding steroid dienone is 22. The van der Waals surface area contributed by atoms with Crippen LogP contribution in [0.2, 0.25) is 0 Å². The first kappa shape index (κ1) is 70.5. The molecule has 0 spiro atoms. The molecule has 0 aliphatic heterocycles. The van der Waals surface area contributed by atoms with E-state index in [1.165, 1.54) is 57.8 Å². The fourth-order valence-corrected chi connectivity index (χ4v) is 8.02. The second-order valence-corrected chi connectivity index (χ2v) is 19.9. The van der Waals surface area contributed by atoms with Gasteiger partial charge in [0.2, 0.25) is 0 Å². The largest absolute Gasteiger partial charge is 0.462 e. The minimum Gasteiger partial charge on any atom is -0.462 e. The molecule has 0 fully saturated rings. The van der Waals surface area contributed by atoms with Gasteiger partial charge in [-0.2, -0.15) is 0 Å². The Bertz CT molecular complexity index is 1620. The number of carbonyl (C=O) groups excluding carboxylic acids is 3. The number of esters is 3. The first-order chi connectivity index (χ1) is 37.0. The van der Waals surface area contributed by atoms with Crippen molar-refractivity contribution in [3.63, 3.8) is 0 Å². The van der Waals surface area contributed by atoms with Crippen LogP contribution >= 0.6 is 0 Å². The summed E-state index contributed by atoms with van der Waals surface area (Å²) in [4.78, 5) is 38.2. The van der Waals surface area contributed by atoms with Crippen LogP contribution in [-0.2, 0) is 28.6 Å². The quantitative estimate of drug-likeness (QED) is 0.0261. The maximum atomic E-state index is 12.9. The van der Waals surface area contributed by atoms with E-state index in [4.69, 9.17) is 14.2 Å². The van der Waals surface area contributed by atoms with E-state index in [1.54, 1.807) is 0 Å². The zero-order chi connectivity index (χ0) is 54.3. The van der Waals surface area contributed by atoms with Gasteiger partial charge in [0.15, 0.2) is 6.10 Å². The lowest BCUT2D eigenvalue weighted by atomic mass is 10.1. The fraction of sp³-hybridized carbons (Fsp3) is 0.638. The van der Waals surface area contributed by atoms with Gasteiger partial charge in [-0.3, -0.25) is 14.4 Å². The Morgan fingerprint density at radius 1 is 0.280 bits per heavy atom. The minimum absolute atomic E-state index is 0.0979. The fourth-order valence-electron chi connectivity index (χ4n) is 8.02. The zero-order valence-corrected chi connectivity index (χ0v) is 48.5. The van der Waals surface area contributed by atoms with Crippen LogP contribution in [0.5, 0.6) is 0 Å². The van der Waals surface area contributed by atoms with Crippen molar-refractivity contribution in [2.75, 3.05) is 13.2 Å². The van der Waals surface area contributed by atoms with Crippen molar-refractivity contribution in [3.05, 3.63) is 134 Å². The van der Waals surface area contributed by atoms with Crippen LogP contribution < -0.4 is 0 Å². The Balaban J connectivity index is 4.35. The number of rotatable bonds is 54. The topological polar surface area (TPSA) is 78.9 Å². The first-order valence-electron chi connectivity index (χ1n) is 30.7. The van der Waals surface area contributed by atoms with Gasteiger partial charge >= 0.3 is 17.9 Å². The van der Waals surface area contributed by atoms with Gasteiger partial charge in [-0.1, -0.05) is 244 Å². The summed E-state index contributed by atoms with van der Waals surface area (Å²) in [6.45, 7) is 6.40. The molecule has 0 aromatic heterocycles. The summed E-state index contributed by atoms with van der Waals surface area (Å²) in [7, 11) is 0. The lowest BCUT2D eigenvalue weighted by molar-refractivity contribution is -0.167. The van der Waals surface area contributed by atoms with Crippen molar-refractivity contribution in [2.45, 2.75) is 271 Å². The summed E-state index contributed by atoms with van der Waals surface area (Å²) >= 11 is 0. The van der Waals surface area contributed by atoms with Gasteiger partial charge < -0.3 is 14.2 Å². The van der Waals surface area contributed by atoms with Crippen LogP contribution in [0.25, 0.3) is 0 Å². The zero-order valence-electron chi connectivity index (χ0n) is 48.5. The molecule has 0 radical (unpaired) electrons. The summed E-state index contributed by atoms with van der Waals surface area (Å²) in [6, 6.07) is 0. The van der Waals surface area contributed by atoms with Gasteiger partial charge in [-0.15, -0.1) is 0 Å². The van der Waals surface area contributed by atoms with E-state index >= 15 is 0 Å². The molecular formula is C69H112O6. The maximum Gasteiger partial charge on any atom is 0.306 e. The molecule has 0 bridgehead atoms. The van der Waals surface area contributed by atoms with Gasteiger partial charge in [-0.05, 0) is 135 Å². The smallest absolute Gasteiger partial charge is 0.306 e. The third-order valence-corrected chi connectivity index (χ3v) is 12.6. The molecule has 0 saturated heterocycles. The number of unbranched alkanes of at least 4 members (excludes halogenated alkanes) is 21. The first-order valence-corrected chi connectivity index (χ1v) is 30.7. The van der Waals surface area contributed by atoms with Crippen molar-refractivity contribution in [1.29, 1.82) is 0 Å². The summed E-state index contributed by atoms with van der Waals surface area (Å²) in [5.74, 6) is -0.938. The minimum atomic E-state index is -0.801. The maximum absolute atomic E-state index is 12.9. The van der Waals surface area contributed by atoms with Crippen LogP contribution in [0.15, 0.2) is 134 Å². The van der Waals surface area contributed by atoms with Gasteiger partial charge in [0, 0.05) is 19.3 Å². The third-order valence-electron chi connectivity index (χ3n) is 12.6. The highest BCUT2D eigenvalue weighted by molar-refractivity contribution is 5.71. The Hall–Kier alpha value is -4.45. The van der Waals surface area contributed by atoms with E-state index < -0.39 is 6.10 Å². The van der Waals surface area contributed by atoms with E-state index in [1.807, 2.05) is 0 Å². The van der Waals surface area contributed by atoms with E-state index in [0.29, 0.717) is 19.3 Å². The molecule has 0 aromatic carbocycles. The van der Waals surface area contributed by atoms with Crippen LogP contribution in [-0.4, -0.2) is 37.2 Å². The van der Waals surface area contributed by atoms with Crippen molar-refractivity contribution in [1.82, 2.24) is 0 Å². The molecule has 1 unspecified atom stereocenters. The van der Waals surface area contributed by atoms with Gasteiger partial charge in [0.25, 0.3) is 0 Å². The highest BCUT2D eigenvalue weighted by Gasteiger charge is 2.19. The second kappa shape index (κ2) is 62.1. The Morgan fingerprint density at radius 3 is 0.867 bits per heavy atom. The van der Waals surface area contributed by atoms with Crippen molar-refractivity contribution >= 4 is 17.9 Å². The number of hydrogen-bond acceptors (Lipinski definition) is 6. The number of hydrogen-bond donors (Lipinski definition) is 0. The molecule has 0 aliphatic carbocycles. The number of carbonyl (C=O) groups is 3. The van der Waals surface area contributed by atoms with E-state index in [-0.39, 0.29) is 31.1 Å². The normalized spacial score (nSPS) is 13.1. The second-order valence-electron chi connectivity index (χ2n) is 19.9. The van der Waals surface area contributed by atoms with Gasteiger partial charge in [0.1, 0.15) is 13.2 Å². The predicted octanol–water partition coefficient (Wildman–Crippen LogP) is 21.0. The molecule has 1 atom stereocenters. The lowest BCUT2D eigenvalue weighted by Gasteiger charge is -2.18. The van der Waals surface area contributed by atoms with Gasteiger partial charge in [-0.25, -0.2) is 0 Å². The summed E-state index contributed by atoms with van der Waals surface area (Å²) in [5.41, 5.74) is 0. The monoisotopic (exact) mass is 1040 g/mol. The Kier molecular flexibility index (Phi) is 58.4. The van der Waals surface area contributed by atoms with Gasteiger partial charge in [0.05, 0.1) is 0 Å². The van der Waals surface area contributed by atoms with Crippen molar-refractivity contribution < 1.29 is 28.6 Å². The summed E-state index contributed by atoms with van der Waals surface area (Å²) < 4.78 is 16.9. The summed E-state index contributed by atoms with van der Waals surface area (Å²) in [6.07, 6.45) is 87.3. The number of ether oxygens (including phenoxy) is 3. The molecular weight excluding hydrogens is 925 g/mol. The van der Waals surface area contributed by atoms with Crippen molar-refractivity contribution in [2.24, 2.45) is 0 Å². The molecule has 0 heterocycles. The van der Waals surface area contributed by atoms with E-state index in [2.05, 4.69) is 154 Å². The average Bonchev–Trinajstić information content (AvgIpc) is 3.41. The van der Waals surface area contributed by atoms with Crippen LogP contribution in [0, 0.1) is 0 Å². The Labute approximate surface area is 462 Å². The molecule has 6 heteroatoms. The molecule has 0 rings (SSSR count). The van der Waals surface area contributed by atoms with Crippen LogP contribution in [0.3, 0.4) is 0 Å². The average molecular weight is 1040 g/mol. The molecule has 75 heavy (non-hydrogen) atoms. The van der Waals surface area contributed by atoms with E-state index in [0.717, 1.165) is 167 Å². The Morgan fingerprint density at radius 2 is 0.547 bits per heavy atom. The highest BCUT2D eigenvalue weighted by atomic mass is 16.6. The molecule has 0 saturated carbocycles. The standard InChI is InChI=1S/C69H112O6/c1-4-7-10-13-16-19-22-25-27-28-29-30-31-32-33-34-35-36-37-38-39-40-42-44-47-50-53-56-59-62-68(71)74-65-66(64-73-67(70)61-58-55-52-49-46-43-24-21-18-15-12-9-6-3)75-69(72)63-60-57-54-51-48-45-41-26-23-20-17-14-11-8-5-2/h7,10,12,15-17,19-21,24-27,29-30,32-33,35-36,38-39,41,66H,4-6,8-9,11,13-14,18,22-23,28,31,34,37,40,42-65H2,1-3H3/b10-7-,15-12-,19-16-,20-17-,24-21-,27-25-,30-29-,33-32-,36-35-,39-38-,41-26-. The highest BCUT2D eigenvalue weighted by Crippen LogP contribution is 2.14. The SMILES string of the molecule is CC/C=C\C/C=C\C/C=C\C/C=C\C/C=C\C/C=C\C/C=C\CCCCCCCCCC(=O)OCC(COC(=O)CCCCCCC/C=C\C/C=C\CCC)OC(=O)CCCCCCC/C=C\C/C=C\CCCCC. The summed E-state index contributed by atoms with van der Waals surface area (Å²) in [5, 5.41) is 0. The molecule has 0 aliphatic rings. The molecule has 6 nitrogen and oxygen atoms in total. The molecule has 0 aromatic rings. The molecule has 0 N–H and O–H groups in total. The van der Waals surface area contributed by atoms with Crippen molar-refractivity contribution in [3.8, 4) is 0 Å². The van der Waals surface area contributed by atoms with Crippen LogP contribution in [0.1, 0.15) is 265 Å². The lowest BCUT2D eigenvalue weighted by Crippen LogP contribution is -2.30. The van der Waals surface area contributed by atoms with Crippen LogP contribution in [0.4, 0.5) is 0 Å².